The number of hydrogen-bond donors (Lipinski definition) is 1. The zero-order chi connectivity index (χ0) is 11.3. The van der Waals surface area contributed by atoms with Crippen molar-refractivity contribution in [3.63, 3.8) is 0 Å². The van der Waals surface area contributed by atoms with Crippen molar-refractivity contribution in [1.29, 1.82) is 0 Å². The van der Waals surface area contributed by atoms with Crippen LogP contribution in [0.15, 0.2) is 0 Å². The van der Waals surface area contributed by atoms with Gasteiger partial charge in [-0.2, -0.15) is 0 Å². The van der Waals surface area contributed by atoms with E-state index in [-0.39, 0.29) is 17.7 Å². The number of ether oxygens (including phenoxy) is 1. The van der Waals surface area contributed by atoms with Gasteiger partial charge in [-0.05, 0) is 37.5 Å². The highest BCUT2D eigenvalue weighted by atomic mass is 16.6. The Hall–Kier alpha value is -0.730. The average molecular weight is 211 g/mol. The van der Waals surface area contributed by atoms with E-state index in [1.165, 1.54) is 0 Å². The molecule has 3 heteroatoms. The Balaban J connectivity index is 2.10. The van der Waals surface area contributed by atoms with Crippen LogP contribution < -0.4 is 5.32 Å². The number of carbonyl (C=O) groups is 1. The summed E-state index contributed by atoms with van der Waals surface area (Å²) in [7, 11) is 0. The third kappa shape index (κ3) is 1.84. The zero-order valence-electron chi connectivity index (χ0n) is 10.1. The molecular weight excluding hydrogens is 190 g/mol. The first-order valence-electron chi connectivity index (χ1n) is 5.81. The van der Waals surface area contributed by atoms with E-state index in [2.05, 4.69) is 33.0 Å². The molecule has 1 aliphatic carbocycles. The van der Waals surface area contributed by atoms with Gasteiger partial charge in [-0.3, -0.25) is 0 Å². The molecule has 0 aromatic carbocycles. The summed E-state index contributed by atoms with van der Waals surface area (Å²) in [5.41, 5.74) is 0.0769. The molecule has 0 radical (unpaired) electrons. The van der Waals surface area contributed by atoms with Gasteiger partial charge in [0.05, 0.1) is 6.04 Å². The molecule has 2 rings (SSSR count). The quantitative estimate of drug-likeness (QED) is 0.669. The minimum absolute atomic E-state index is 0.211. The lowest BCUT2D eigenvalue weighted by molar-refractivity contribution is -0.00210. The molecular formula is C12H21NO2. The molecule has 0 bridgehead atoms. The van der Waals surface area contributed by atoms with Gasteiger partial charge in [0.2, 0.25) is 0 Å². The highest BCUT2D eigenvalue weighted by Crippen LogP contribution is 2.44. The highest BCUT2D eigenvalue weighted by Gasteiger charge is 2.50. The topological polar surface area (TPSA) is 38.3 Å². The van der Waals surface area contributed by atoms with Gasteiger partial charge < -0.3 is 10.1 Å². The summed E-state index contributed by atoms with van der Waals surface area (Å²) < 4.78 is 5.36. The molecule has 0 aromatic heterocycles. The Morgan fingerprint density at radius 3 is 2.73 bits per heavy atom. The first-order chi connectivity index (χ1) is 6.81. The predicted octanol–water partition coefficient (Wildman–Crippen LogP) is 2.70. The third-order valence-corrected chi connectivity index (χ3v) is 4.09. The van der Waals surface area contributed by atoms with Crippen molar-refractivity contribution in [2.45, 2.75) is 58.6 Å². The maximum absolute atomic E-state index is 11.2. The van der Waals surface area contributed by atoms with Crippen LogP contribution in [0.4, 0.5) is 4.79 Å². The van der Waals surface area contributed by atoms with E-state index >= 15 is 0 Å². The Kier molecular flexibility index (Phi) is 2.25. The number of carbonyl (C=O) groups excluding carboxylic acids is 1. The molecule has 1 heterocycles. The maximum atomic E-state index is 11.2. The van der Waals surface area contributed by atoms with Crippen molar-refractivity contribution in [2.24, 2.45) is 11.3 Å². The maximum Gasteiger partial charge on any atom is 0.408 e. The monoisotopic (exact) mass is 211 g/mol. The fourth-order valence-corrected chi connectivity index (χ4v) is 2.79. The lowest BCUT2D eigenvalue weighted by Crippen LogP contribution is -2.48. The molecule has 1 N–H and O–H groups in total. The molecule has 0 spiro atoms. The summed E-state index contributed by atoms with van der Waals surface area (Å²) in [5.74, 6) is 0.678. The molecule has 86 valence electrons. The molecule has 3 atom stereocenters. The third-order valence-electron chi connectivity index (χ3n) is 4.09. The molecule has 1 saturated heterocycles. The van der Waals surface area contributed by atoms with Crippen molar-refractivity contribution < 1.29 is 9.53 Å². The van der Waals surface area contributed by atoms with Crippen LogP contribution in [-0.4, -0.2) is 17.7 Å². The molecule has 0 aromatic rings. The Labute approximate surface area is 91.6 Å². The fraction of sp³-hybridized carbons (Fsp3) is 0.917. The molecule has 3 nitrogen and oxygen atoms in total. The number of amides is 1. The summed E-state index contributed by atoms with van der Waals surface area (Å²) in [4.78, 5) is 11.2. The van der Waals surface area contributed by atoms with E-state index in [0.29, 0.717) is 11.3 Å². The van der Waals surface area contributed by atoms with Gasteiger partial charge in [-0.25, -0.2) is 4.79 Å². The van der Waals surface area contributed by atoms with Crippen LogP contribution >= 0.6 is 0 Å². The van der Waals surface area contributed by atoms with Crippen molar-refractivity contribution in [1.82, 2.24) is 5.32 Å². The molecule has 2 fully saturated rings. The van der Waals surface area contributed by atoms with Crippen LogP contribution in [0.3, 0.4) is 0 Å². The first-order valence-corrected chi connectivity index (χ1v) is 5.81. The number of nitrogens with one attached hydrogen (secondary N) is 1. The van der Waals surface area contributed by atoms with Crippen LogP contribution in [0.5, 0.6) is 0 Å². The molecule has 15 heavy (non-hydrogen) atoms. The number of rotatable bonds is 0. The second-order valence-electron chi connectivity index (χ2n) is 6.24. The van der Waals surface area contributed by atoms with Gasteiger partial charge in [0.1, 0.15) is 5.60 Å². The van der Waals surface area contributed by atoms with Crippen molar-refractivity contribution in [3.05, 3.63) is 0 Å². The minimum atomic E-state index is -0.251. The Morgan fingerprint density at radius 2 is 2.13 bits per heavy atom. The van der Waals surface area contributed by atoms with Crippen LogP contribution in [0.2, 0.25) is 0 Å². The van der Waals surface area contributed by atoms with Gasteiger partial charge in [0.15, 0.2) is 0 Å². The molecule has 1 aliphatic heterocycles. The summed E-state index contributed by atoms with van der Waals surface area (Å²) in [6.07, 6.45) is 2.95. The number of fused-ring (bicyclic) bond motifs is 1. The first kappa shape index (κ1) is 10.8. The lowest BCUT2D eigenvalue weighted by Gasteiger charge is -2.42. The van der Waals surface area contributed by atoms with E-state index in [0.717, 1.165) is 19.3 Å². The molecule has 0 unspecified atom stereocenters. The van der Waals surface area contributed by atoms with E-state index in [1.54, 1.807) is 0 Å². The molecule has 1 saturated carbocycles. The van der Waals surface area contributed by atoms with E-state index in [4.69, 9.17) is 4.74 Å². The van der Waals surface area contributed by atoms with Gasteiger partial charge in [-0.15, -0.1) is 0 Å². The summed E-state index contributed by atoms with van der Waals surface area (Å²) >= 11 is 0. The van der Waals surface area contributed by atoms with Gasteiger partial charge >= 0.3 is 6.09 Å². The van der Waals surface area contributed by atoms with Crippen molar-refractivity contribution in [3.8, 4) is 0 Å². The number of hydrogen-bond acceptors (Lipinski definition) is 2. The normalized spacial score (nSPS) is 40.7. The fourth-order valence-electron chi connectivity index (χ4n) is 2.79. The SMILES string of the molecule is CC(C)(C)[C@@H]1CC[C@@]2(C)OC(=O)N[C@@H]2C1. The van der Waals surface area contributed by atoms with Crippen LogP contribution in [0, 0.1) is 11.3 Å². The Bertz CT molecular complexity index is 282. The Morgan fingerprint density at radius 1 is 1.47 bits per heavy atom. The molecule has 2 aliphatic rings. The smallest absolute Gasteiger partial charge is 0.408 e. The summed E-state index contributed by atoms with van der Waals surface area (Å²) in [6.45, 7) is 8.88. The number of alkyl carbamates (subject to hydrolysis) is 1. The minimum Gasteiger partial charge on any atom is -0.441 e. The second-order valence-corrected chi connectivity index (χ2v) is 6.24. The molecule has 1 amide bonds. The van der Waals surface area contributed by atoms with Crippen LogP contribution in [0.1, 0.15) is 47.0 Å². The summed E-state index contributed by atoms with van der Waals surface area (Å²) in [6, 6.07) is 0.211. The predicted molar refractivity (Wildman–Crippen MR) is 58.6 cm³/mol. The van der Waals surface area contributed by atoms with Crippen molar-refractivity contribution in [2.75, 3.05) is 0 Å². The standard InChI is InChI=1S/C12H21NO2/c1-11(2,3)8-5-6-12(4)9(7-8)13-10(14)15-12/h8-9H,5-7H2,1-4H3,(H,13,14)/t8-,9-,12-/m1/s1. The lowest BCUT2D eigenvalue weighted by atomic mass is 9.67. The average Bonchev–Trinajstić information content (AvgIpc) is 2.35. The van der Waals surface area contributed by atoms with Crippen molar-refractivity contribution >= 4 is 6.09 Å². The summed E-state index contributed by atoms with van der Waals surface area (Å²) in [5, 5.41) is 2.94. The van der Waals surface area contributed by atoms with E-state index in [9.17, 15) is 4.79 Å². The van der Waals surface area contributed by atoms with Gasteiger partial charge in [0.25, 0.3) is 0 Å². The highest BCUT2D eigenvalue weighted by molar-refractivity contribution is 5.71. The van der Waals surface area contributed by atoms with E-state index < -0.39 is 0 Å². The van der Waals surface area contributed by atoms with Crippen LogP contribution in [-0.2, 0) is 4.74 Å². The zero-order valence-corrected chi connectivity index (χ0v) is 10.1. The van der Waals surface area contributed by atoms with Gasteiger partial charge in [0, 0.05) is 0 Å². The second kappa shape index (κ2) is 3.13. The largest absolute Gasteiger partial charge is 0.441 e. The van der Waals surface area contributed by atoms with Gasteiger partial charge in [-0.1, -0.05) is 20.8 Å². The van der Waals surface area contributed by atoms with Crippen LogP contribution in [0.25, 0.3) is 0 Å². The van der Waals surface area contributed by atoms with E-state index in [1.807, 2.05) is 0 Å².